The van der Waals surface area contributed by atoms with Crippen molar-refractivity contribution in [2.45, 2.75) is 43.5 Å². The number of aromatic nitrogens is 3. The van der Waals surface area contributed by atoms with Gasteiger partial charge in [-0.1, -0.05) is 18.1 Å². The van der Waals surface area contributed by atoms with E-state index in [2.05, 4.69) is 21.9 Å². The lowest BCUT2D eigenvalue weighted by Gasteiger charge is -2.26. The Balaban J connectivity index is 1.81. The third-order valence-corrected chi connectivity index (χ3v) is 5.07. The number of carbonyl (C=O) groups is 1. The first-order valence-corrected chi connectivity index (χ1v) is 7.81. The molecule has 1 amide bonds. The number of hydrogen-bond acceptors (Lipinski definition) is 5. The van der Waals surface area contributed by atoms with E-state index in [1.807, 2.05) is 11.8 Å². The average molecular weight is 283 g/mol. The lowest BCUT2D eigenvalue weighted by atomic mass is 10.1. The Morgan fingerprint density at radius 3 is 2.89 bits per heavy atom. The summed E-state index contributed by atoms with van der Waals surface area (Å²) in [6.07, 6.45) is 8.74. The third kappa shape index (κ3) is 3.70. The molecule has 0 saturated heterocycles. The number of thioether (sulfide) groups is 1. The van der Waals surface area contributed by atoms with Crippen molar-refractivity contribution in [1.82, 2.24) is 20.3 Å². The van der Waals surface area contributed by atoms with Crippen molar-refractivity contribution in [3.8, 4) is 0 Å². The van der Waals surface area contributed by atoms with E-state index < -0.39 is 0 Å². The molecule has 1 heterocycles. The molecule has 0 bridgehead atoms. The number of carbonyl (C=O) groups excluding carboxylic acids is 1. The minimum atomic E-state index is -0.0196. The second-order valence-corrected chi connectivity index (χ2v) is 6.26. The van der Waals surface area contributed by atoms with Gasteiger partial charge in [0.2, 0.25) is 5.91 Å². The number of hydrogen-bond donors (Lipinski definition) is 2. The summed E-state index contributed by atoms with van der Waals surface area (Å²) < 4.78 is 1.76. The van der Waals surface area contributed by atoms with Gasteiger partial charge in [0.15, 0.2) is 0 Å². The van der Waals surface area contributed by atoms with Crippen molar-refractivity contribution in [2.24, 2.45) is 5.73 Å². The fourth-order valence-corrected chi connectivity index (χ4v) is 3.36. The molecule has 0 spiro atoms. The number of amides is 1. The zero-order chi connectivity index (χ0) is 13.7. The van der Waals surface area contributed by atoms with Crippen LogP contribution in [-0.4, -0.2) is 38.4 Å². The molecule has 1 aromatic rings. The van der Waals surface area contributed by atoms with Crippen LogP contribution in [0.5, 0.6) is 0 Å². The van der Waals surface area contributed by atoms with Crippen molar-refractivity contribution in [1.29, 1.82) is 0 Å². The largest absolute Gasteiger partial charge is 0.353 e. The maximum atomic E-state index is 11.9. The topological polar surface area (TPSA) is 85.8 Å². The smallest absolute Gasteiger partial charge is 0.241 e. The molecule has 0 atom stereocenters. The van der Waals surface area contributed by atoms with E-state index >= 15 is 0 Å². The first-order chi connectivity index (χ1) is 9.17. The van der Waals surface area contributed by atoms with Gasteiger partial charge in [-0.05, 0) is 19.1 Å². The SMILES string of the molecule is CSC1(CNC(=O)Cn2cc(CN)nn2)CCCC1. The van der Waals surface area contributed by atoms with Crippen molar-refractivity contribution < 1.29 is 4.79 Å². The van der Waals surface area contributed by atoms with E-state index in [0.717, 1.165) is 6.54 Å². The predicted octanol–water partition coefficient (Wildman–Crippen LogP) is 0.529. The number of rotatable bonds is 6. The molecule has 1 saturated carbocycles. The molecule has 0 unspecified atom stereocenters. The van der Waals surface area contributed by atoms with Crippen LogP contribution >= 0.6 is 11.8 Å². The van der Waals surface area contributed by atoms with Gasteiger partial charge in [0.25, 0.3) is 0 Å². The summed E-state index contributed by atoms with van der Waals surface area (Å²) in [5.74, 6) is -0.0196. The minimum absolute atomic E-state index is 0.0196. The molecule has 1 aliphatic carbocycles. The molecule has 106 valence electrons. The Morgan fingerprint density at radius 1 is 1.58 bits per heavy atom. The molecule has 3 N–H and O–H groups in total. The van der Waals surface area contributed by atoms with Crippen LogP contribution in [0.25, 0.3) is 0 Å². The summed E-state index contributed by atoms with van der Waals surface area (Å²) >= 11 is 1.87. The Morgan fingerprint density at radius 2 is 2.32 bits per heavy atom. The highest BCUT2D eigenvalue weighted by atomic mass is 32.2. The first-order valence-electron chi connectivity index (χ1n) is 6.58. The molecular weight excluding hydrogens is 262 g/mol. The van der Waals surface area contributed by atoms with Gasteiger partial charge >= 0.3 is 0 Å². The van der Waals surface area contributed by atoms with E-state index in [1.165, 1.54) is 30.4 Å². The van der Waals surface area contributed by atoms with Crippen LogP contribution in [-0.2, 0) is 17.9 Å². The predicted molar refractivity (Wildman–Crippen MR) is 75.6 cm³/mol. The van der Waals surface area contributed by atoms with E-state index in [9.17, 15) is 4.79 Å². The number of nitrogens with two attached hydrogens (primary N) is 1. The summed E-state index contributed by atoms with van der Waals surface area (Å²) in [6.45, 7) is 1.29. The molecule has 0 aromatic carbocycles. The van der Waals surface area contributed by atoms with E-state index in [0.29, 0.717) is 12.2 Å². The zero-order valence-electron chi connectivity index (χ0n) is 11.3. The average Bonchev–Trinajstić information content (AvgIpc) is 3.06. The molecule has 6 nitrogen and oxygen atoms in total. The monoisotopic (exact) mass is 283 g/mol. The summed E-state index contributed by atoms with van der Waals surface area (Å²) in [7, 11) is 0. The Labute approximate surface area is 117 Å². The second kappa shape index (κ2) is 6.38. The van der Waals surface area contributed by atoms with Crippen molar-refractivity contribution in [3.63, 3.8) is 0 Å². The van der Waals surface area contributed by atoms with Gasteiger partial charge in [-0.3, -0.25) is 4.79 Å². The van der Waals surface area contributed by atoms with Gasteiger partial charge in [-0.25, -0.2) is 4.68 Å². The van der Waals surface area contributed by atoms with Gasteiger partial charge in [0, 0.05) is 17.8 Å². The molecule has 19 heavy (non-hydrogen) atoms. The maximum absolute atomic E-state index is 11.9. The zero-order valence-corrected chi connectivity index (χ0v) is 12.1. The van der Waals surface area contributed by atoms with E-state index in [4.69, 9.17) is 5.73 Å². The lowest BCUT2D eigenvalue weighted by molar-refractivity contribution is -0.122. The molecule has 1 fully saturated rings. The molecule has 1 aliphatic rings. The first kappa shape index (κ1) is 14.3. The van der Waals surface area contributed by atoms with Gasteiger partial charge in [-0.15, -0.1) is 5.10 Å². The van der Waals surface area contributed by atoms with Gasteiger partial charge in [-0.2, -0.15) is 11.8 Å². The minimum Gasteiger partial charge on any atom is -0.353 e. The molecule has 0 radical (unpaired) electrons. The summed E-state index contributed by atoms with van der Waals surface area (Å²) in [5, 5.41) is 10.7. The van der Waals surface area contributed by atoms with Crippen LogP contribution in [0.2, 0.25) is 0 Å². The van der Waals surface area contributed by atoms with Crippen LogP contribution in [0.15, 0.2) is 6.20 Å². The number of nitrogens with zero attached hydrogens (tertiary/aromatic N) is 3. The highest BCUT2D eigenvalue weighted by molar-refractivity contribution is 8.00. The van der Waals surface area contributed by atoms with E-state index in [1.54, 1.807) is 6.20 Å². The molecule has 7 heteroatoms. The second-order valence-electron chi connectivity index (χ2n) is 4.98. The Hall–Kier alpha value is -1.08. The van der Waals surface area contributed by atoms with Gasteiger partial charge < -0.3 is 11.1 Å². The quantitative estimate of drug-likeness (QED) is 0.795. The number of nitrogens with one attached hydrogen (secondary N) is 1. The van der Waals surface area contributed by atoms with Gasteiger partial charge in [0.05, 0.1) is 11.9 Å². The Bertz CT molecular complexity index is 428. The molecular formula is C12H21N5OS. The fraction of sp³-hybridized carbons (Fsp3) is 0.750. The van der Waals surface area contributed by atoms with Crippen LogP contribution in [0, 0.1) is 0 Å². The summed E-state index contributed by atoms with van der Waals surface area (Å²) in [6, 6.07) is 0. The fourth-order valence-electron chi connectivity index (χ4n) is 2.44. The third-order valence-electron chi connectivity index (χ3n) is 3.66. The van der Waals surface area contributed by atoms with Crippen LogP contribution < -0.4 is 11.1 Å². The van der Waals surface area contributed by atoms with Crippen molar-refractivity contribution in [3.05, 3.63) is 11.9 Å². The molecule has 1 aromatic heterocycles. The summed E-state index contributed by atoms with van der Waals surface area (Å²) in [5.41, 5.74) is 6.15. The van der Waals surface area contributed by atoms with Crippen molar-refractivity contribution in [2.75, 3.05) is 12.8 Å². The van der Waals surface area contributed by atoms with Crippen LogP contribution in [0.3, 0.4) is 0 Å². The molecule has 0 aliphatic heterocycles. The van der Waals surface area contributed by atoms with Crippen LogP contribution in [0.4, 0.5) is 0 Å². The maximum Gasteiger partial charge on any atom is 0.241 e. The highest BCUT2D eigenvalue weighted by Crippen LogP contribution is 2.39. The molecule has 2 rings (SSSR count). The Kier molecular flexibility index (Phi) is 4.81. The van der Waals surface area contributed by atoms with Gasteiger partial charge in [0.1, 0.15) is 6.54 Å². The summed E-state index contributed by atoms with van der Waals surface area (Å²) in [4.78, 5) is 11.9. The lowest BCUT2D eigenvalue weighted by Crippen LogP contribution is -2.39. The van der Waals surface area contributed by atoms with Crippen molar-refractivity contribution >= 4 is 17.7 Å². The highest BCUT2D eigenvalue weighted by Gasteiger charge is 2.33. The standard InChI is InChI=1S/C12H21N5OS/c1-19-12(4-2-3-5-12)9-14-11(18)8-17-7-10(6-13)15-16-17/h7H,2-6,8-9,13H2,1H3,(H,14,18). The van der Waals surface area contributed by atoms with Crippen LogP contribution in [0.1, 0.15) is 31.4 Å². The van der Waals surface area contributed by atoms with E-state index in [-0.39, 0.29) is 17.2 Å². The normalized spacial score (nSPS) is 17.6.